The van der Waals surface area contributed by atoms with Crippen molar-refractivity contribution in [3.8, 4) is 0 Å². The lowest BCUT2D eigenvalue weighted by Crippen LogP contribution is -2.37. The third kappa shape index (κ3) is 4.67. The Morgan fingerprint density at radius 3 is 2.75 bits per heavy atom. The van der Waals surface area contributed by atoms with E-state index in [-0.39, 0.29) is 5.56 Å². The molecule has 5 nitrogen and oxygen atoms in total. The molecule has 1 aliphatic heterocycles. The molecule has 0 aromatic carbocycles. The molecule has 3 aromatic rings. The molecule has 3 aromatic heterocycles. The number of aryl methyl sites for hydroxylation is 1. The van der Waals surface area contributed by atoms with Gasteiger partial charge in [-0.25, -0.2) is 9.37 Å². The molecule has 1 fully saturated rings. The molecule has 0 aliphatic carbocycles. The van der Waals surface area contributed by atoms with E-state index in [0.717, 1.165) is 35.9 Å². The number of hydrogen-bond donors (Lipinski definition) is 0. The van der Waals surface area contributed by atoms with Crippen molar-refractivity contribution in [3.05, 3.63) is 55.6 Å². The molecule has 4 heterocycles. The lowest BCUT2D eigenvalue weighted by molar-refractivity contribution is 0.174. The van der Waals surface area contributed by atoms with Gasteiger partial charge < -0.3 is 9.47 Å². The van der Waals surface area contributed by atoms with Gasteiger partial charge in [0.15, 0.2) is 3.92 Å². The van der Waals surface area contributed by atoms with Crippen LogP contribution in [0.15, 0.2) is 39.3 Å². The molecule has 0 bridgehead atoms. The van der Waals surface area contributed by atoms with Gasteiger partial charge >= 0.3 is 0 Å². The van der Waals surface area contributed by atoms with Crippen LogP contribution in [-0.4, -0.2) is 39.1 Å². The summed E-state index contributed by atoms with van der Waals surface area (Å²) in [6.45, 7) is 3.44. The van der Waals surface area contributed by atoms with E-state index in [1.54, 1.807) is 22.0 Å². The van der Waals surface area contributed by atoms with Gasteiger partial charge in [-0.2, -0.15) is 0 Å². The number of hydrogen-bond acceptors (Lipinski definition) is 5. The summed E-state index contributed by atoms with van der Waals surface area (Å²) in [4.78, 5) is 24.3. The fraction of sp³-hybridized carbons (Fsp3) is 0.450. The summed E-state index contributed by atoms with van der Waals surface area (Å²) in [7, 11) is 0. The number of thiazole rings is 1. The number of piperidine rings is 1. The number of rotatable bonds is 6. The van der Waals surface area contributed by atoms with Crippen molar-refractivity contribution in [2.45, 2.75) is 32.2 Å². The number of halogens is 2. The molecule has 0 saturated carbocycles. The van der Waals surface area contributed by atoms with E-state index >= 15 is 0 Å². The van der Waals surface area contributed by atoms with Gasteiger partial charge in [-0.05, 0) is 66.7 Å². The summed E-state index contributed by atoms with van der Waals surface area (Å²) in [6, 6.07) is 4.56. The average Bonchev–Trinajstić information content (AvgIpc) is 3.12. The molecular formula is C20H22BrFN4OS. The van der Waals surface area contributed by atoms with Crippen LogP contribution >= 0.6 is 27.3 Å². The second kappa shape index (κ2) is 8.80. The van der Waals surface area contributed by atoms with Crippen LogP contribution in [0.2, 0.25) is 0 Å². The maximum Gasteiger partial charge on any atom is 0.251 e. The lowest BCUT2D eigenvalue weighted by Gasteiger charge is -2.32. The van der Waals surface area contributed by atoms with E-state index in [2.05, 4.69) is 30.8 Å². The molecule has 28 heavy (non-hydrogen) atoms. The van der Waals surface area contributed by atoms with Gasteiger partial charge in [-0.1, -0.05) is 0 Å². The highest BCUT2D eigenvalue weighted by molar-refractivity contribution is 9.11. The first-order valence-electron chi connectivity index (χ1n) is 9.56. The minimum absolute atomic E-state index is 0.106. The first kappa shape index (κ1) is 19.7. The van der Waals surface area contributed by atoms with Crippen molar-refractivity contribution in [3.63, 3.8) is 0 Å². The van der Waals surface area contributed by atoms with Crippen molar-refractivity contribution in [1.82, 2.24) is 19.4 Å². The summed E-state index contributed by atoms with van der Waals surface area (Å²) in [6.07, 6.45) is 7.81. The van der Waals surface area contributed by atoms with Gasteiger partial charge in [-0.15, -0.1) is 11.3 Å². The maximum atomic E-state index is 13.6. The SMILES string of the molecule is O=c1ccc2ncc(F)cc2n1CCN1CCC(CCc2cnc(Br)s2)CC1. The van der Waals surface area contributed by atoms with Crippen molar-refractivity contribution in [2.75, 3.05) is 19.6 Å². The van der Waals surface area contributed by atoms with Crippen molar-refractivity contribution < 1.29 is 4.39 Å². The molecule has 0 spiro atoms. The lowest BCUT2D eigenvalue weighted by atomic mass is 9.92. The van der Waals surface area contributed by atoms with Gasteiger partial charge in [0.05, 0.1) is 17.2 Å². The second-order valence-corrected chi connectivity index (χ2v) is 9.68. The van der Waals surface area contributed by atoms with Crippen LogP contribution in [0.4, 0.5) is 4.39 Å². The van der Waals surface area contributed by atoms with Crippen LogP contribution in [0, 0.1) is 11.7 Å². The molecule has 4 rings (SSSR count). The van der Waals surface area contributed by atoms with E-state index in [1.807, 2.05) is 6.20 Å². The Bertz CT molecular complexity index is 1010. The molecule has 1 saturated heterocycles. The zero-order valence-corrected chi connectivity index (χ0v) is 17.9. The number of fused-ring (bicyclic) bond motifs is 1. The Labute approximate surface area is 175 Å². The molecule has 8 heteroatoms. The fourth-order valence-electron chi connectivity index (χ4n) is 3.86. The maximum absolute atomic E-state index is 13.6. The fourth-order valence-corrected chi connectivity index (χ4v) is 5.23. The first-order valence-corrected chi connectivity index (χ1v) is 11.2. The van der Waals surface area contributed by atoms with Gasteiger partial charge in [0.2, 0.25) is 0 Å². The van der Waals surface area contributed by atoms with Crippen LogP contribution < -0.4 is 5.56 Å². The Morgan fingerprint density at radius 1 is 1.18 bits per heavy atom. The summed E-state index contributed by atoms with van der Waals surface area (Å²) < 4.78 is 16.2. The predicted octanol–water partition coefficient (Wildman–Crippen LogP) is 4.10. The van der Waals surface area contributed by atoms with Crippen LogP contribution in [0.25, 0.3) is 11.0 Å². The van der Waals surface area contributed by atoms with Crippen molar-refractivity contribution >= 4 is 38.3 Å². The van der Waals surface area contributed by atoms with Gasteiger partial charge in [0.25, 0.3) is 5.56 Å². The van der Waals surface area contributed by atoms with E-state index in [9.17, 15) is 9.18 Å². The quantitative estimate of drug-likeness (QED) is 0.550. The monoisotopic (exact) mass is 464 g/mol. The van der Waals surface area contributed by atoms with Crippen LogP contribution in [0.5, 0.6) is 0 Å². The standard InChI is InChI=1S/C20H22BrFN4OS/c21-20-24-13-16(28-20)2-1-14-5-7-25(8-6-14)9-10-26-18-11-15(22)12-23-17(18)3-4-19(26)27/h3-4,11-14H,1-2,5-10H2. The smallest absolute Gasteiger partial charge is 0.251 e. The summed E-state index contributed by atoms with van der Waals surface area (Å²) in [5, 5.41) is 0. The molecular weight excluding hydrogens is 443 g/mol. The Hall–Kier alpha value is -1.64. The Kier molecular flexibility index (Phi) is 6.18. The van der Waals surface area contributed by atoms with E-state index in [1.165, 1.54) is 42.5 Å². The molecule has 1 aliphatic rings. The summed E-state index contributed by atoms with van der Waals surface area (Å²) in [5.74, 6) is 0.330. The normalized spacial score (nSPS) is 16.1. The highest BCUT2D eigenvalue weighted by Gasteiger charge is 2.19. The second-order valence-electron chi connectivity index (χ2n) is 7.28. The molecule has 0 N–H and O–H groups in total. The van der Waals surface area contributed by atoms with E-state index in [0.29, 0.717) is 17.6 Å². The van der Waals surface area contributed by atoms with E-state index < -0.39 is 5.82 Å². The molecule has 0 amide bonds. The van der Waals surface area contributed by atoms with Crippen LogP contribution in [0.3, 0.4) is 0 Å². The highest BCUT2D eigenvalue weighted by atomic mass is 79.9. The third-order valence-electron chi connectivity index (χ3n) is 5.48. The number of pyridine rings is 2. The summed E-state index contributed by atoms with van der Waals surface area (Å²) >= 11 is 5.14. The van der Waals surface area contributed by atoms with Crippen molar-refractivity contribution in [1.29, 1.82) is 0 Å². The minimum Gasteiger partial charge on any atom is -0.305 e. The largest absolute Gasteiger partial charge is 0.305 e. The number of likely N-dealkylation sites (tertiary alicyclic amines) is 1. The first-order chi connectivity index (χ1) is 13.6. The topological polar surface area (TPSA) is 51.0 Å². The minimum atomic E-state index is -0.416. The Balaban J connectivity index is 1.31. The molecule has 0 atom stereocenters. The molecule has 0 radical (unpaired) electrons. The van der Waals surface area contributed by atoms with Crippen LogP contribution in [-0.2, 0) is 13.0 Å². The number of nitrogens with zero attached hydrogens (tertiary/aromatic N) is 4. The highest BCUT2D eigenvalue weighted by Crippen LogP contribution is 2.25. The molecule has 0 unspecified atom stereocenters. The van der Waals surface area contributed by atoms with Gasteiger partial charge in [0, 0.05) is 36.3 Å². The molecule has 148 valence electrons. The zero-order chi connectivity index (χ0) is 19.5. The third-order valence-corrected chi connectivity index (χ3v) is 7.01. The van der Waals surface area contributed by atoms with Crippen LogP contribution in [0.1, 0.15) is 24.1 Å². The number of aromatic nitrogens is 3. The average molecular weight is 465 g/mol. The Morgan fingerprint density at radius 2 is 2.00 bits per heavy atom. The van der Waals surface area contributed by atoms with Gasteiger partial charge in [0.1, 0.15) is 5.82 Å². The predicted molar refractivity (Wildman–Crippen MR) is 113 cm³/mol. The van der Waals surface area contributed by atoms with E-state index in [4.69, 9.17) is 0 Å². The van der Waals surface area contributed by atoms with Gasteiger partial charge in [-0.3, -0.25) is 9.78 Å². The zero-order valence-electron chi connectivity index (χ0n) is 15.5. The summed E-state index contributed by atoms with van der Waals surface area (Å²) in [5.41, 5.74) is 1.11. The van der Waals surface area contributed by atoms with Crippen molar-refractivity contribution in [2.24, 2.45) is 5.92 Å².